The first-order chi connectivity index (χ1) is 14.0. The van der Waals surface area contributed by atoms with Crippen LogP contribution in [0.3, 0.4) is 0 Å². The summed E-state index contributed by atoms with van der Waals surface area (Å²) in [6.45, 7) is 4.52. The highest BCUT2D eigenvalue weighted by molar-refractivity contribution is 5.92. The zero-order valence-corrected chi connectivity index (χ0v) is 17.0. The Hall–Kier alpha value is -3.47. The van der Waals surface area contributed by atoms with E-state index in [1.165, 1.54) is 0 Å². The first-order valence-corrected chi connectivity index (χ1v) is 9.51. The Morgan fingerprint density at radius 2 is 1.72 bits per heavy atom. The Morgan fingerprint density at radius 1 is 0.931 bits per heavy atom. The van der Waals surface area contributed by atoms with Crippen LogP contribution in [0.4, 0.5) is 11.4 Å². The van der Waals surface area contributed by atoms with Gasteiger partial charge in [0.1, 0.15) is 0 Å². The maximum absolute atomic E-state index is 12.3. The molecule has 0 saturated carbocycles. The van der Waals surface area contributed by atoms with Gasteiger partial charge in [-0.15, -0.1) is 0 Å². The molecule has 29 heavy (non-hydrogen) atoms. The lowest BCUT2D eigenvalue weighted by Crippen LogP contribution is -2.21. The first kappa shape index (κ1) is 20.3. The molecule has 0 radical (unpaired) electrons. The van der Waals surface area contributed by atoms with Gasteiger partial charge < -0.3 is 20.1 Å². The van der Waals surface area contributed by atoms with E-state index >= 15 is 0 Å². The maximum Gasteiger partial charge on any atom is 0.262 e. The first-order valence-electron chi connectivity index (χ1n) is 9.51. The summed E-state index contributed by atoms with van der Waals surface area (Å²) < 4.78 is 11.1. The zero-order valence-electron chi connectivity index (χ0n) is 17.0. The topological polar surface area (TPSA) is 59.6 Å². The van der Waals surface area contributed by atoms with E-state index in [1.807, 2.05) is 80.6 Å². The van der Waals surface area contributed by atoms with Gasteiger partial charge in [0.15, 0.2) is 18.1 Å². The number of nitrogens with one attached hydrogen (secondary N) is 2. The summed E-state index contributed by atoms with van der Waals surface area (Å²) in [4.78, 5) is 12.3. The van der Waals surface area contributed by atoms with Gasteiger partial charge in [0.05, 0.1) is 7.11 Å². The Kier molecular flexibility index (Phi) is 6.74. The molecule has 0 spiro atoms. The molecule has 3 aromatic rings. The molecular weight excluding hydrogens is 364 g/mol. The minimum Gasteiger partial charge on any atom is -0.493 e. The number of benzene rings is 3. The number of anilines is 2. The number of hydrogen-bond acceptors (Lipinski definition) is 4. The molecule has 0 saturated heterocycles. The minimum absolute atomic E-state index is 0.0919. The molecule has 0 bridgehead atoms. The lowest BCUT2D eigenvalue weighted by atomic mass is 10.1. The lowest BCUT2D eigenvalue weighted by molar-refractivity contribution is -0.118. The molecule has 5 nitrogen and oxygen atoms in total. The SMILES string of the molecule is COc1cc(CNc2ccccc2)ccc1OCC(=O)Nc1cc(C)ccc1C. The molecule has 0 heterocycles. The number of hydrogen-bond donors (Lipinski definition) is 2. The van der Waals surface area contributed by atoms with E-state index in [2.05, 4.69) is 10.6 Å². The summed E-state index contributed by atoms with van der Waals surface area (Å²) in [6, 6.07) is 21.6. The molecule has 0 unspecified atom stereocenters. The fourth-order valence-electron chi connectivity index (χ4n) is 2.90. The summed E-state index contributed by atoms with van der Waals surface area (Å²) in [7, 11) is 1.59. The predicted octanol–water partition coefficient (Wildman–Crippen LogP) is 4.94. The Labute approximate surface area is 171 Å². The molecule has 2 N–H and O–H groups in total. The average Bonchev–Trinajstić information content (AvgIpc) is 2.74. The number of methoxy groups -OCH3 is 1. The van der Waals surface area contributed by atoms with Gasteiger partial charge in [0.25, 0.3) is 5.91 Å². The molecule has 150 valence electrons. The van der Waals surface area contributed by atoms with Crippen molar-refractivity contribution >= 4 is 17.3 Å². The van der Waals surface area contributed by atoms with Gasteiger partial charge in [-0.1, -0.05) is 36.4 Å². The quantitative estimate of drug-likeness (QED) is 0.572. The molecule has 3 rings (SSSR count). The number of aryl methyl sites for hydroxylation is 2. The minimum atomic E-state index is -0.212. The highest BCUT2D eigenvalue weighted by atomic mass is 16.5. The van der Waals surface area contributed by atoms with Gasteiger partial charge in [-0.2, -0.15) is 0 Å². The standard InChI is InChI=1S/C24H26N2O3/c1-17-9-10-18(2)21(13-17)26-24(27)16-29-22-12-11-19(14-23(22)28-3)15-25-20-7-5-4-6-8-20/h4-14,25H,15-16H2,1-3H3,(H,26,27). The predicted molar refractivity (Wildman–Crippen MR) is 117 cm³/mol. The molecule has 0 aliphatic carbocycles. The second-order valence-electron chi connectivity index (χ2n) is 6.86. The van der Waals surface area contributed by atoms with E-state index in [9.17, 15) is 4.79 Å². The summed E-state index contributed by atoms with van der Waals surface area (Å²) in [5.74, 6) is 0.916. The molecule has 0 atom stereocenters. The van der Waals surface area contributed by atoms with Crippen LogP contribution in [0.5, 0.6) is 11.5 Å². The van der Waals surface area contributed by atoms with Crippen molar-refractivity contribution in [3.8, 4) is 11.5 Å². The number of rotatable bonds is 8. The molecule has 0 fully saturated rings. The smallest absolute Gasteiger partial charge is 0.262 e. The number of ether oxygens (including phenoxy) is 2. The summed E-state index contributed by atoms with van der Waals surface area (Å²) in [6.07, 6.45) is 0. The maximum atomic E-state index is 12.3. The fraction of sp³-hybridized carbons (Fsp3) is 0.208. The molecule has 1 amide bonds. The molecule has 0 aromatic heterocycles. The molecular formula is C24H26N2O3. The van der Waals surface area contributed by atoms with Gasteiger partial charge in [0, 0.05) is 17.9 Å². The summed E-state index contributed by atoms with van der Waals surface area (Å²) in [5, 5.41) is 6.25. The Morgan fingerprint density at radius 3 is 2.48 bits per heavy atom. The highest BCUT2D eigenvalue weighted by Crippen LogP contribution is 2.28. The summed E-state index contributed by atoms with van der Waals surface area (Å²) in [5.41, 5.74) is 5.01. The van der Waals surface area contributed by atoms with Crippen LogP contribution in [0.15, 0.2) is 66.7 Å². The van der Waals surface area contributed by atoms with Gasteiger partial charge >= 0.3 is 0 Å². The second-order valence-corrected chi connectivity index (χ2v) is 6.86. The molecule has 5 heteroatoms. The number of para-hydroxylation sites is 1. The molecule has 0 aliphatic heterocycles. The van der Waals surface area contributed by atoms with Crippen molar-refractivity contribution in [3.05, 3.63) is 83.4 Å². The largest absolute Gasteiger partial charge is 0.493 e. The van der Waals surface area contributed by atoms with Crippen molar-refractivity contribution in [3.63, 3.8) is 0 Å². The second kappa shape index (κ2) is 9.64. The number of carbonyl (C=O) groups is 1. The van der Waals surface area contributed by atoms with Gasteiger partial charge in [-0.3, -0.25) is 4.79 Å². The van der Waals surface area contributed by atoms with E-state index in [-0.39, 0.29) is 12.5 Å². The normalized spacial score (nSPS) is 10.3. The van der Waals surface area contributed by atoms with E-state index in [1.54, 1.807) is 7.11 Å². The van der Waals surface area contributed by atoms with Gasteiger partial charge in [0.2, 0.25) is 0 Å². The average molecular weight is 390 g/mol. The Bertz CT molecular complexity index is 971. The van der Waals surface area contributed by atoms with E-state index in [4.69, 9.17) is 9.47 Å². The third-order valence-corrected chi connectivity index (χ3v) is 4.52. The van der Waals surface area contributed by atoms with Crippen molar-refractivity contribution in [2.45, 2.75) is 20.4 Å². The van der Waals surface area contributed by atoms with Crippen molar-refractivity contribution < 1.29 is 14.3 Å². The van der Waals surface area contributed by atoms with Crippen molar-refractivity contribution in [2.75, 3.05) is 24.4 Å². The van der Waals surface area contributed by atoms with Crippen LogP contribution >= 0.6 is 0 Å². The van der Waals surface area contributed by atoms with Crippen molar-refractivity contribution in [1.29, 1.82) is 0 Å². The third kappa shape index (κ3) is 5.75. The number of carbonyl (C=O) groups excluding carboxylic acids is 1. The fourth-order valence-corrected chi connectivity index (χ4v) is 2.90. The number of amides is 1. The van der Waals surface area contributed by atoms with Gasteiger partial charge in [-0.05, 0) is 60.9 Å². The van der Waals surface area contributed by atoms with Crippen LogP contribution in [0.1, 0.15) is 16.7 Å². The summed E-state index contributed by atoms with van der Waals surface area (Å²) >= 11 is 0. The van der Waals surface area contributed by atoms with Crippen LogP contribution in [-0.2, 0) is 11.3 Å². The van der Waals surface area contributed by atoms with Crippen molar-refractivity contribution in [1.82, 2.24) is 0 Å². The highest BCUT2D eigenvalue weighted by Gasteiger charge is 2.10. The monoisotopic (exact) mass is 390 g/mol. The van der Waals surface area contributed by atoms with Crippen LogP contribution in [-0.4, -0.2) is 19.6 Å². The van der Waals surface area contributed by atoms with E-state index in [0.717, 1.165) is 28.1 Å². The van der Waals surface area contributed by atoms with Crippen LogP contribution in [0, 0.1) is 13.8 Å². The van der Waals surface area contributed by atoms with Crippen molar-refractivity contribution in [2.24, 2.45) is 0 Å². The third-order valence-electron chi connectivity index (χ3n) is 4.52. The molecule has 0 aliphatic rings. The van der Waals surface area contributed by atoms with Crippen LogP contribution in [0.25, 0.3) is 0 Å². The zero-order chi connectivity index (χ0) is 20.6. The Balaban J connectivity index is 1.58. The van der Waals surface area contributed by atoms with E-state index in [0.29, 0.717) is 18.0 Å². The molecule has 3 aromatic carbocycles. The van der Waals surface area contributed by atoms with Crippen LogP contribution < -0.4 is 20.1 Å². The van der Waals surface area contributed by atoms with E-state index < -0.39 is 0 Å². The van der Waals surface area contributed by atoms with Gasteiger partial charge in [-0.25, -0.2) is 0 Å². The lowest BCUT2D eigenvalue weighted by Gasteiger charge is -2.14. The van der Waals surface area contributed by atoms with Crippen LogP contribution in [0.2, 0.25) is 0 Å².